The average Bonchev–Trinajstić information content (AvgIpc) is 3.11. The van der Waals surface area contributed by atoms with Crippen LogP contribution in [-0.2, 0) is 11.2 Å². The van der Waals surface area contributed by atoms with Crippen molar-refractivity contribution in [2.24, 2.45) is 11.7 Å². The lowest BCUT2D eigenvalue weighted by atomic mass is 9.92. The maximum absolute atomic E-state index is 13.7. The molecule has 1 amide bonds. The number of amides is 1. The van der Waals surface area contributed by atoms with Gasteiger partial charge in [0.05, 0.1) is 0 Å². The number of carbonyl (C=O) groups is 1. The van der Waals surface area contributed by atoms with Gasteiger partial charge < -0.3 is 15.2 Å². The molecule has 1 aliphatic heterocycles. The number of hydrogen-bond donors (Lipinski definition) is 1. The van der Waals surface area contributed by atoms with E-state index in [0.29, 0.717) is 48.1 Å². The van der Waals surface area contributed by atoms with Gasteiger partial charge in [0.2, 0.25) is 17.6 Å². The third kappa shape index (κ3) is 5.05. The molecule has 8 heteroatoms. The van der Waals surface area contributed by atoms with Crippen LogP contribution in [0.2, 0.25) is 0 Å². The van der Waals surface area contributed by atoms with Crippen LogP contribution < -0.4 is 5.73 Å². The first-order valence-electron chi connectivity index (χ1n) is 9.06. The van der Waals surface area contributed by atoms with Crippen molar-refractivity contribution in [3.63, 3.8) is 0 Å². The summed E-state index contributed by atoms with van der Waals surface area (Å²) >= 11 is 0. The zero-order valence-corrected chi connectivity index (χ0v) is 16.5. The van der Waals surface area contributed by atoms with E-state index in [4.69, 9.17) is 10.3 Å². The Balaban J connectivity index is 0.00000261. The van der Waals surface area contributed by atoms with Crippen molar-refractivity contribution in [1.29, 1.82) is 0 Å². The number of nitrogens with zero attached hydrogens (tertiary/aromatic N) is 3. The Morgan fingerprint density at radius 3 is 2.93 bits per heavy atom. The fraction of sp³-hybridized carbons (Fsp3) is 0.526. The molecule has 1 aromatic carbocycles. The first kappa shape index (κ1) is 21.3. The Bertz CT molecular complexity index is 783. The largest absolute Gasteiger partial charge is 0.339 e. The Morgan fingerprint density at radius 2 is 2.22 bits per heavy atom. The van der Waals surface area contributed by atoms with Crippen molar-refractivity contribution >= 4 is 18.3 Å². The summed E-state index contributed by atoms with van der Waals surface area (Å²) in [4.78, 5) is 18.7. The summed E-state index contributed by atoms with van der Waals surface area (Å²) < 4.78 is 18.9. The standard InChI is InChI=1S/C19H25FN4O2.ClH/c1-12-7-8-24(15(9-12)11-21)18(25)6-5-17-22-19(23-26-17)14-4-3-13(2)16(20)10-14;/h3-4,10,12,15H,5-9,11,21H2,1-2H3;1H. The summed E-state index contributed by atoms with van der Waals surface area (Å²) in [5.41, 5.74) is 6.95. The Hall–Kier alpha value is -1.99. The van der Waals surface area contributed by atoms with Crippen LogP contribution in [0, 0.1) is 18.7 Å². The highest BCUT2D eigenvalue weighted by molar-refractivity contribution is 5.85. The van der Waals surface area contributed by atoms with Crippen LogP contribution in [0.5, 0.6) is 0 Å². The normalized spacial score (nSPS) is 19.6. The molecule has 0 radical (unpaired) electrons. The number of halogens is 2. The lowest BCUT2D eigenvalue weighted by molar-refractivity contribution is -0.135. The highest BCUT2D eigenvalue weighted by Crippen LogP contribution is 2.23. The van der Waals surface area contributed by atoms with Crippen LogP contribution >= 0.6 is 12.4 Å². The fourth-order valence-corrected chi connectivity index (χ4v) is 3.37. The third-order valence-corrected chi connectivity index (χ3v) is 5.02. The molecule has 0 aliphatic carbocycles. The zero-order chi connectivity index (χ0) is 18.7. The minimum atomic E-state index is -0.309. The number of nitrogens with two attached hydrogens (primary N) is 1. The number of rotatable bonds is 5. The SMILES string of the molecule is Cc1ccc(-c2noc(CCC(=O)N3CCC(C)CC3CN)n2)cc1F.Cl. The van der Waals surface area contributed by atoms with Crippen molar-refractivity contribution in [2.45, 2.75) is 45.6 Å². The molecule has 1 aliphatic rings. The first-order valence-corrected chi connectivity index (χ1v) is 9.06. The number of likely N-dealkylation sites (tertiary alicyclic amines) is 1. The molecule has 2 aromatic rings. The van der Waals surface area contributed by atoms with Crippen LogP contribution in [0.25, 0.3) is 11.4 Å². The summed E-state index contributed by atoms with van der Waals surface area (Å²) in [6, 6.07) is 4.92. The number of aromatic nitrogens is 2. The minimum Gasteiger partial charge on any atom is -0.339 e. The molecule has 1 aromatic heterocycles. The monoisotopic (exact) mass is 396 g/mol. The van der Waals surface area contributed by atoms with E-state index in [1.807, 2.05) is 4.90 Å². The Kier molecular flexibility index (Phi) is 7.33. The number of carbonyl (C=O) groups excluding carboxylic acids is 1. The molecule has 0 bridgehead atoms. The molecule has 2 atom stereocenters. The zero-order valence-electron chi connectivity index (χ0n) is 15.7. The van der Waals surface area contributed by atoms with Crippen molar-refractivity contribution in [3.8, 4) is 11.4 Å². The highest BCUT2D eigenvalue weighted by atomic mass is 35.5. The minimum absolute atomic E-state index is 0. The van der Waals surface area contributed by atoms with Crippen LogP contribution in [0.4, 0.5) is 4.39 Å². The summed E-state index contributed by atoms with van der Waals surface area (Å²) in [5.74, 6) is 1.06. The van der Waals surface area contributed by atoms with Gasteiger partial charge in [0.25, 0.3) is 0 Å². The van der Waals surface area contributed by atoms with Crippen LogP contribution in [0.1, 0.15) is 37.6 Å². The number of aryl methyl sites for hydroxylation is 2. The van der Waals surface area contributed by atoms with Crippen molar-refractivity contribution in [2.75, 3.05) is 13.1 Å². The van der Waals surface area contributed by atoms with Gasteiger partial charge in [0.1, 0.15) is 5.82 Å². The van der Waals surface area contributed by atoms with E-state index in [2.05, 4.69) is 17.1 Å². The second-order valence-electron chi connectivity index (χ2n) is 7.08. The van der Waals surface area contributed by atoms with E-state index in [1.54, 1.807) is 19.1 Å². The summed E-state index contributed by atoms with van der Waals surface area (Å²) in [6.45, 7) is 5.13. The predicted molar refractivity (Wildman–Crippen MR) is 103 cm³/mol. The second kappa shape index (κ2) is 9.28. The number of piperidine rings is 1. The third-order valence-electron chi connectivity index (χ3n) is 5.02. The van der Waals surface area contributed by atoms with Crippen molar-refractivity contribution in [1.82, 2.24) is 15.0 Å². The van der Waals surface area contributed by atoms with E-state index in [9.17, 15) is 9.18 Å². The van der Waals surface area contributed by atoms with Gasteiger partial charge in [-0.05, 0) is 37.3 Å². The maximum atomic E-state index is 13.7. The van der Waals surface area contributed by atoms with E-state index in [1.165, 1.54) is 6.07 Å². The topological polar surface area (TPSA) is 85.2 Å². The van der Waals surface area contributed by atoms with E-state index in [0.717, 1.165) is 19.4 Å². The van der Waals surface area contributed by atoms with E-state index >= 15 is 0 Å². The van der Waals surface area contributed by atoms with Crippen molar-refractivity contribution in [3.05, 3.63) is 35.5 Å². The smallest absolute Gasteiger partial charge is 0.227 e. The Morgan fingerprint density at radius 1 is 1.44 bits per heavy atom. The maximum Gasteiger partial charge on any atom is 0.227 e. The number of benzene rings is 1. The molecule has 2 unspecified atom stereocenters. The predicted octanol–water partition coefficient (Wildman–Crippen LogP) is 3.12. The fourth-order valence-electron chi connectivity index (χ4n) is 3.37. The molecular weight excluding hydrogens is 371 g/mol. The van der Waals surface area contributed by atoms with Gasteiger partial charge in [-0.1, -0.05) is 24.2 Å². The summed E-state index contributed by atoms with van der Waals surface area (Å²) in [7, 11) is 0. The summed E-state index contributed by atoms with van der Waals surface area (Å²) in [6.07, 6.45) is 2.62. The van der Waals surface area contributed by atoms with Gasteiger partial charge in [-0.2, -0.15) is 4.98 Å². The van der Waals surface area contributed by atoms with Gasteiger partial charge in [-0.3, -0.25) is 4.79 Å². The lowest BCUT2D eigenvalue weighted by Crippen LogP contribution is -2.49. The molecule has 3 rings (SSSR count). The van der Waals surface area contributed by atoms with Crippen molar-refractivity contribution < 1.29 is 13.7 Å². The molecule has 0 saturated carbocycles. The van der Waals surface area contributed by atoms with Gasteiger partial charge in [0, 0.05) is 37.5 Å². The van der Waals surface area contributed by atoms with E-state index < -0.39 is 0 Å². The molecule has 148 valence electrons. The highest BCUT2D eigenvalue weighted by Gasteiger charge is 2.28. The number of hydrogen-bond acceptors (Lipinski definition) is 5. The molecule has 1 fully saturated rings. The molecule has 6 nitrogen and oxygen atoms in total. The van der Waals surface area contributed by atoms with Gasteiger partial charge in [0.15, 0.2) is 0 Å². The molecular formula is C19H26ClFN4O2. The van der Waals surface area contributed by atoms with Crippen LogP contribution in [0.15, 0.2) is 22.7 Å². The quantitative estimate of drug-likeness (QED) is 0.839. The van der Waals surface area contributed by atoms with Gasteiger partial charge in [-0.15, -0.1) is 12.4 Å². The lowest BCUT2D eigenvalue weighted by Gasteiger charge is -2.38. The van der Waals surface area contributed by atoms with Gasteiger partial charge >= 0.3 is 0 Å². The average molecular weight is 397 g/mol. The van der Waals surface area contributed by atoms with Crippen LogP contribution in [-0.4, -0.2) is 40.1 Å². The van der Waals surface area contributed by atoms with Gasteiger partial charge in [-0.25, -0.2) is 4.39 Å². The molecule has 2 N–H and O–H groups in total. The van der Waals surface area contributed by atoms with Crippen LogP contribution in [0.3, 0.4) is 0 Å². The summed E-state index contributed by atoms with van der Waals surface area (Å²) in [5, 5.41) is 3.89. The second-order valence-corrected chi connectivity index (χ2v) is 7.08. The van der Waals surface area contributed by atoms with E-state index in [-0.39, 0.29) is 30.2 Å². The molecule has 0 spiro atoms. The Labute approximate surface area is 164 Å². The first-order chi connectivity index (χ1) is 12.5. The molecule has 2 heterocycles. The molecule has 1 saturated heterocycles. The molecule has 27 heavy (non-hydrogen) atoms.